The number of hydrogen-bond donors (Lipinski definition) is 2. The van der Waals surface area contributed by atoms with Gasteiger partial charge in [0.25, 0.3) is 10.0 Å². The average Bonchev–Trinajstić information content (AvgIpc) is 2.98. The number of carboxylic acid groups (broad SMARTS) is 1. The first-order chi connectivity index (χ1) is 10.7. The van der Waals surface area contributed by atoms with Gasteiger partial charge in [0.15, 0.2) is 5.69 Å². The maximum absolute atomic E-state index is 12.2. The summed E-state index contributed by atoms with van der Waals surface area (Å²) in [4.78, 5) is 21.9. The van der Waals surface area contributed by atoms with Crippen LogP contribution in [0.1, 0.15) is 10.5 Å². The lowest BCUT2D eigenvalue weighted by atomic mass is 10.2. The molecule has 0 aliphatic rings. The maximum atomic E-state index is 12.2. The highest BCUT2D eigenvalue weighted by Crippen LogP contribution is 2.16. The van der Waals surface area contributed by atoms with Gasteiger partial charge in [-0.25, -0.2) is 4.79 Å². The standard InChI is InChI=1S/C12H8ClN3O6S/c13-7-1-3-8(4-2-7)23(21,22)16-14-6-9(15-16)10(17)5-11(18)12(19)20/h1-6,18H,(H,19,20)/b11-5-. The predicted octanol–water partition coefficient (Wildman–Crippen LogP) is 0.878. The number of carboxylic acids is 1. The summed E-state index contributed by atoms with van der Waals surface area (Å²) in [6.45, 7) is 0. The minimum atomic E-state index is -4.13. The Morgan fingerprint density at radius 2 is 1.78 bits per heavy atom. The molecule has 0 spiro atoms. The van der Waals surface area contributed by atoms with Gasteiger partial charge < -0.3 is 10.2 Å². The molecule has 120 valence electrons. The van der Waals surface area contributed by atoms with Gasteiger partial charge in [0.05, 0.1) is 11.1 Å². The Kier molecular flexibility index (Phi) is 4.48. The smallest absolute Gasteiger partial charge is 0.371 e. The number of carbonyl (C=O) groups is 2. The number of aliphatic hydroxyl groups excluding tert-OH is 1. The SMILES string of the molecule is O=C(O)/C(O)=C/C(=O)c1cnn(S(=O)(=O)c2ccc(Cl)cc2)n1. The van der Waals surface area contributed by atoms with Crippen LogP contribution in [0.15, 0.2) is 47.2 Å². The van der Waals surface area contributed by atoms with E-state index in [0.29, 0.717) is 15.3 Å². The van der Waals surface area contributed by atoms with Crippen LogP contribution in [0.3, 0.4) is 0 Å². The highest BCUT2D eigenvalue weighted by molar-refractivity contribution is 7.89. The molecule has 1 aromatic heterocycles. The third-order valence-corrected chi connectivity index (χ3v) is 4.26. The van der Waals surface area contributed by atoms with E-state index in [9.17, 15) is 18.0 Å². The molecular weight excluding hydrogens is 350 g/mol. The van der Waals surface area contributed by atoms with E-state index in [2.05, 4.69) is 10.2 Å². The van der Waals surface area contributed by atoms with Gasteiger partial charge >= 0.3 is 5.97 Å². The zero-order chi connectivity index (χ0) is 17.2. The van der Waals surface area contributed by atoms with Crippen LogP contribution in [-0.2, 0) is 14.8 Å². The fourth-order valence-electron chi connectivity index (χ4n) is 1.44. The van der Waals surface area contributed by atoms with Crippen molar-refractivity contribution in [2.45, 2.75) is 4.90 Å². The zero-order valence-corrected chi connectivity index (χ0v) is 12.7. The van der Waals surface area contributed by atoms with Crippen LogP contribution < -0.4 is 0 Å². The molecule has 2 rings (SSSR count). The normalized spacial score (nSPS) is 12.1. The first-order valence-corrected chi connectivity index (χ1v) is 7.65. The minimum Gasteiger partial charge on any atom is -0.502 e. The molecule has 0 amide bonds. The molecule has 0 saturated carbocycles. The molecule has 23 heavy (non-hydrogen) atoms. The third kappa shape index (κ3) is 3.55. The summed E-state index contributed by atoms with van der Waals surface area (Å²) in [7, 11) is -4.13. The van der Waals surface area contributed by atoms with Gasteiger partial charge in [0.2, 0.25) is 11.5 Å². The molecule has 0 bridgehead atoms. The van der Waals surface area contributed by atoms with E-state index in [1.54, 1.807) is 0 Å². The monoisotopic (exact) mass is 357 g/mol. The molecule has 0 aliphatic heterocycles. The molecule has 2 N–H and O–H groups in total. The van der Waals surface area contributed by atoms with E-state index < -0.39 is 33.2 Å². The number of aliphatic hydroxyl groups is 1. The number of ketones is 1. The van der Waals surface area contributed by atoms with Gasteiger partial charge in [-0.1, -0.05) is 15.8 Å². The minimum absolute atomic E-state index is 0.152. The average molecular weight is 358 g/mol. The molecule has 0 aliphatic carbocycles. The van der Waals surface area contributed by atoms with Crippen molar-refractivity contribution in [3.8, 4) is 0 Å². The molecule has 0 fully saturated rings. The number of allylic oxidation sites excluding steroid dienone is 1. The molecule has 11 heteroatoms. The highest BCUT2D eigenvalue weighted by atomic mass is 35.5. The Labute approximate surface area is 134 Å². The molecule has 0 saturated heterocycles. The third-order valence-electron chi connectivity index (χ3n) is 2.54. The summed E-state index contributed by atoms with van der Waals surface area (Å²) in [5.41, 5.74) is -0.449. The highest BCUT2D eigenvalue weighted by Gasteiger charge is 2.21. The van der Waals surface area contributed by atoms with Crippen molar-refractivity contribution in [3.05, 3.63) is 53.0 Å². The molecule has 9 nitrogen and oxygen atoms in total. The summed E-state index contributed by atoms with van der Waals surface area (Å²) in [6.07, 6.45) is 1.23. The Hall–Kier alpha value is -2.72. The Morgan fingerprint density at radius 3 is 2.35 bits per heavy atom. The van der Waals surface area contributed by atoms with Crippen LogP contribution in [0.25, 0.3) is 0 Å². The number of aromatic nitrogens is 3. The van der Waals surface area contributed by atoms with Crippen molar-refractivity contribution in [2.75, 3.05) is 0 Å². The molecule has 1 aromatic carbocycles. The van der Waals surface area contributed by atoms with Gasteiger partial charge in [-0.15, -0.1) is 10.2 Å². The molecule has 1 heterocycles. The Balaban J connectivity index is 2.35. The lowest BCUT2D eigenvalue weighted by Gasteiger charge is -2.02. The summed E-state index contributed by atoms with van der Waals surface area (Å²) >= 11 is 5.67. The van der Waals surface area contributed by atoms with E-state index in [1.807, 2.05) is 0 Å². The number of nitrogens with zero attached hydrogens (tertiary/aromatic N) is 3. The second-order valence-electron chi connectivity index (χ2n) is 4.11. The van der Waals surface area contributed by atoms with Gasteiger partial charge in [-0.3, -0.25) is 4.79 Å². The molecule has 0 radical (unpaired) electrons. The van der Waals surface area contributed by atoms with Crippen LogP contribution in [0.5, 0.6) is 0 Å². The Morgan fingerprint density at radius 1 is 1.17 bits per heavy atom. The number of halogens is 1. The molecule has 0 unspecified atom stereocenters. The molecule has 2 aromatic rings. The van der Waals surface area contributed by atoms with Crippen molar-refractivity contribution < 1.29 is 28.2 Å². The predicted molar refractivity (Wildman–Crippen MR) is 76.7 cm³/mol. The summed E-state index contributed by atoms with van der Waals surface area (Å²) in [6, 6.07) is 5.19. The number of hydrogen-bond acceptors (Lipinski definition) is 7. The fourth-order valence-corrected chi connectivity index (χ4v) is 2.60. The largest absolute Gasteiger partial charge is 0.502 e. The van der Waals surface area contributed by atoms with Gasteiger partial charge in [-0.2, -0.15) is 8.42 Å². The van der Waals surface area contributed by atoms with Gasteiger partial charge in [-0.05, 0) is 24.3 Å². The molecule has 0 atom stereocenters. The van der Waals surface area contributed by atoms with Gasteiger partial charge in [0.1, 0.15) is 0 Å². The zero-order valence-electron chi connectivity index (χ0n) is 11.1. The van der Waals surface area contributed by atoms with E-state index in [4.69, 9.17) is 21.8 Å². The van der Waals surface area contributed by atoms with E-state index >= 15 is 0 Å². The topological polar surface area (TPSA) is 139 Å². The number of benzene rings is 1. The van der Waals surface area contributed by atoms with Crippen molar-refractivity contribution in [2.24, 2.45) is 0 Å². The van der Waals surface area contributed by atoms with Crippen LogP contribution in [0.2, 0.25) is 5.02 Å². The quantitative estimate of drug-likeness (QED) is 0.456. The number of rotatable bonds is 5. The summed E-state index contributed by atoms with van der Waals surface area (Å²) < 4.78 is 24.8. The lowest BCUT2D eigenvalue weighted by Crippen LogP contribution is -2.16. The van der Waals surface area contributed by atoms with E-state index in [1.165, 1.54) is 24.3 Å². The number of aliphatic carboxylic acids is 1. The Bertz CT molecular complexity index is 901. The number of carbonyl (C=O) groups excluding carboxylic acids is 1. The van der Waals surface area contributed by atoms with E-state index in [0.717, 1.165) is 6.20 Å². The maximum Gasteiger partial charge on any atom is 0.371 e. The van der Waals surface area contributed by atoms with Gasteiger partial charge in [0, 0.05) is 11.1 Å². The first kappa shape index (κ1) is 16.6. The fraction of sp³-hybridized carbons (Fsp3) is 0. The first-order valence-electron chi connectivity index (χ1n) is 5.83. The molecular formula is C12H8ClN3O6S. The van der Waals surface area contributed by atoms with Crippen LogP contribution >= 0.6 is 11.6 Å². The summed E-state index contributed by atoms with van der Waals surface area (Å²) in [5, 5.41) is 24.7. The van der Waals surface area contributed by atoms with Crippen LogP contribution in [0.4, 0.5) is 0 Å². The lowest BCUT2D eigenvalue weighted by molar-refractivity contribution is -0.135. The van der Waals surface area contributed by atoms with E-state index in [-0.39, 0.29) is 4.90 Å². The van der Waals surface area contributed by atoms with Crippen molar-refractivity contribution in [3.63, 3.8) is 0 Å². The van der Waals surface area contributed by atoms with Crippen molar-refractivity contribution in [1.82, 2.24) is 14.4 Å². The summed E-state index contributed by atoms with van der Waals surface area (Å²) in [5.74, 6) is -3.92. The van der Waals surface area contributed by atoms with Crippen LogP contribution in [0, 0.1) is 0 Å². The second kappa shape index (κ2) is 6.18. The van der Waals surface area contributed by atoms with Crippen molar-refractivity contribution >= 4 is 33.4 Å². The van der Waals surface area contributed by atoms with Crippen molar-refractivity contribution in [1.29, 1.82) is 0 Å². The van der Waals surface area contributed by atoms with Crippen LogP contribution in [-0.4, -0.2) is 44.8 Å². The second-order valence-corrected chi connectivity index (χ2v) is 6.30.